The van der Waals surface area contributed by atoms with E-state index < -0.39 is 0 Å². The van der Waals surface area contributed by atoms with Gasteiger partial charge >= 0.3 is 0 Å². The van der Waals surface area contributed by atoms with E-state index in [0.29, 0.717) is 6.42 Å². The molecule has 0 spiro atoms. The standard InChI is InChI=1S/C18H17N5O.2H2/c1-12-9-17(24)22-15-6-4-5-14(18(15)21-12)13-10-20-23(11-13)16-7-2-3-8-19-16;;/h2-8,10-12,21H,9H2,1H3,(H,22,24);2*1H/t12-;;/m1../s1. The Balaban J connectivity index is 0.00000121. The largest absolute Gasteiger partial charge is 0.380 e. The Morgan fingerprint density at radius 2 is 2.17 bits per heavy atom. The first-order valence-electron chi connectivity index (χ1n) is 7.86. The number of nitrogens with zero attached hydrogens (tertiary/aromatic N) is 3. The lowest BCUT2D eigenvalue weighted by Gasteiger charge is -2.15. The van der Waals surface area contributed by atoms with E-state index in [2.05, 4.69) is 20.7 Å². The van der Waals surface area contributed by atoms with Crippen LogP contribution in [0, 0.1) is 0 Å². The van der Waals surface area contributed by atoms with Crippen molar-refractivity contribution >= 4 is 17.3 Å². The van der Waals surface area contributed by atoms with Gasteiger partial charge in [-0.05, 0) is 25.1 Å². The van der Waals surface area contributed by atoms with E-state index in [4.69, 9.17) is 0 Å². The summed E-state index contributed by atoms with van der Waals surface area (Å²) in [6.07, 6.45) is 5.94. The molecule has 6 nitrogen and oxygen atoms in total. The van der Waals surface area contributed by atoms with Crippen molar-refractivity contribution in [3.8, 4) is 16.9 Å². The van der Waals surface area contributed by atoms with Crippen molar-refractivity contribution in [2.24, 2.45) is 0 Å². The molecule has 0 radical (unpaired) electrons. The highest BCUT2D eigenvalue weighted by molar-refractivity contribution is 6.00. The van der Waals surface area contributed by atoms with Gasteiger partial charge < -0.3 is 10.6 Å². The number of hydrogen-bond donors (Lipinski definition) is 2. The lowest BCUT2D eigenvalue weighted by Crippen LogP contribution is -2.19. The van der Waals surface area contributed by atoms with Crippen LogP contribution >= 0.6 is 0 Å². The number of benzene rings is 1. The van der Waals surface area contributed by atoms with Crippen LogP contribution in [0.15, 0.2) is 55.0 Å². The number of rotatable bonds is 2. The lowest BCUT2D eigenvalue weighted by atomic mass is 10.1. The maximum absolute atomic E-state index is 11.9. The van der Waals surface area contributed by atoms with E-state index in [1.54, 1.807) is 10.9 Å². The summed E-state index contributed by atoms with van der Waals surface area (Å²) >= 11 is 0. The fraction of sp³-hybridized carbons (Fsp3) is 0.167. The molecule has 2 N–H and O–H groups in total. The third-order valence-corrected chi connectivity index (χ3v) is 4.00. The Hall–Kier alpha value is -3.15. The van der Waals surface area contributed by atoms with Crippen LogP contribution < -0.4 is 10.6 Å². The molecule has 0 saturated carbocycles. The molecule has 4 rings (SSSR count). The third kappa shape index (κ3) is 2.62. The van der Waals surface area contributed by atoms with Gasteiger partial charge in [-0.2, -0.15) is 5.10 Å². The lowest BCUT2D eigenvalue weighted by molar-refractivity contribution is -0.116. The summed E-state index contributed by atoms with van der Waals surface area (Å²) in [5.74, 6) is 0.787. The van der Waals surface area contributed by atoms with Gasteiger partial charge in [-0.1, -0.05) is 18.2 Å². The van der Waals surface area contributed by atoms with Crippen LogP contribution in [0.3, 0.4) is 0 Å². The molecule has 1 aromatic carbocycles. The molecular weight excluding hydrogens is 302 g/mol. The van der Waals surface area contributed by atoms with Crippen LogP contribution in [0.5, 0.6) is 0 Å². The first kappa shape index (κ1) is 14.4. The van der Waals surface area contributed by atoms with Crippen LogP contribution in [-0.4, -0.2) is 26.7 Å². The highest BCUT2D eigenvalue weighted by Crippen LogP contribution is 2.36. The molecule has 1 aliphatic heterocycles. The molecule has 0 bridgehead atoms. The zero-order valence-corrected chi connectivity index (χ0v) is 13.2. The van der Waals surface area contributed by atoms with Crippen molar-refractivity contribution in [3.05, 3.63) is 55.0 Å². The smallest absolute Gasteiger partial charge is 0.226 e. The molecular formula is C18H21N5O. The van der Waals surface area contributed by atoms with Crippen molar-refractivity contribution in [2.75, 3.05) is 10.6 Å². The summed E-state index contributed by atoms with van der Waals surface area (Å²) in [6, 6.07) is 11.6. The van der Waals surface area contributed by atoms with Gasteiger partial charge in [-0.15, -0.1) is 0 Å². The molecule has 2 aromatic heterocycles. The van der Waals surface area contributed by atoms with Gasteiger partial charge in [-0.25, -0.2) is 9.67 Å². The summed E-state index contributed by atoms with van der Waals surface area (Å²) in [4.78, 5) is 16.2. The Bertz CT molecular complexity index is 898. The quantitative estimate of drug-likeness (QED) is 0.756. The topological polar surface area (TPSA) is 71.8 Å². The number of anilines is 2. The summed E-state index contributed by atoms with van der Waals surface area (Å²) in [7, 11) is 0. The molecule has 0 saturated heterocycles. The SMILES string of the molecule is C[C@@H]1CC(=O)Nc2cccc(-c3cnn(-c4ccccn4)c3)c2N1.[HH].[HH]. The van der Waals surface area contributed by atoms with Crippen LogP contribution in [0.2, 0.25) is 0 Å². The van der Waals surface area contributed by atoms with E-state index >= 15 is 0 Å². The number of hydrogen-bond acceptors (Lipinski definition) is 4. The number of pyridine rings is 1. The maximum Gasteiger partial charge on any atom is 0.226 e. The van der Waals surface area contributed by atoms with E-state index in [0.717, 1.165) is 28.3 Å². The molecule has 6 heteroatoms. The summed E-state index contributed by atoms with van der Waals surface area (Å²) in [5, 5.41) is 10.8. The van der Waals surface area contributed by atoms with Gasteiger partial charge in [-0.3, -0.25) is 4.79 Å². The van der Waals surface area contributed by atoms with Crippen molar-refractivity contribution in [1.82, 2.24) is 14.8 Å². The Morgan fingerprint density at radius 3 is 3.00 bits per heavy atom. The maximum atomic E-state index is 11.9. The molecule has 0 aliphatic carbocycles. The Labute approximate surface area is 142 Å². The molecule has 0 fully saturated rings. The summed E-state index contributed by atoms with van der Waals surface area (Å²) in [5.41, 5.74) is 3.70. The second kappa shape index (κ2) is 5.81. The molecule has 1 amide bonds. The van der Waals surface area contributed by atoms with Gasteiger partial charge in [0.1, 0.15) is 0 Å². The molecule has 1 aliphatic rings. The normalized spacial score (nSPS) is 16.7. The van der Waals surface area contributed by atoms with Crippen LogP contribution in [-0.2, 0) is 4.79 Å². The van der Waals surface area contributed by atoms with E-state index in [1.807, 2.05) is 55.7 Å². The minimum Gasteiger partial charge on any atom is -0.380 e. The first-order valence-corrected chi connectivity index (χ1v) is 7.86. The molecule has 124 valence electrons. The van der Waals surface area contributed by atoms with Gasteiger partial charge in [0.15, 0.2) is 5.82 Å². The van der Waals surface area contributed by atoms with Crippen molar-refractivity contribution in [2.45, 2.75) is 19.4 Å². The van der Waals surface area contributed by atoms with Gasteiger partial charge in [0.2, 0.25) is 5.91 Å². The van der Waals surface area contributed by atoms with Gasteiger partial charge in [0, 0.05) is 38.8 Å². The number of nitrogens with one attached hydrogen (secondary N) is 2. The molecule has 24 heavy (non-hydrogen) atoms. The second-order valence-corrected chi connectivity index (χ2v) is 5.89. The fourth-order valence-corrected chi connectivity index (χ4v) is 2.91. The molecule has 1 atom stereocenters. The summed E-state index contributed by atoms with van der Waals surface area (Å²) in [6.45, 7) is 2.00. The Morgan fingerprint density at radius 1 is 1.25 bits per heavy atom. The minimum absolute atomic E-state index is 0. The van der Waals surface area contributed by atoms with E-state index in [-0.39, 0.29) is 14.8 Å². The van der Waals surface area contributed by atoms with Crippen LogP contribution in [0.25, 0.3) is 16.9 Å². The number of aromatic nitrogens is 3. The minimum atomic E-state index is 0. The monoisotopic (exact) mass is 323 g/mol. The van der Waals surface area contributed by atoms with Gasteiger partial charge in [0.05, 0.1) is 17.6 Å². The van der Waals surface area contributed by atoms with Gasteiger partial charge in [0.25, 0.3) is 0 Å². The number of fused-ring (bicyclic) bond motifs is 1. The zero-order chi connectivity index (χ0) is 16.5. The van der Waals surface area contributed by atoms with Crippen molar-refractivity contribution < 1.29 is 7.65 Å². The highest BCUT2D eigenvalue weighted by atomic mass is 16.1. The molecule has 3 heterocycles. The Kier molecular flexibility index (Phi) is 3.49. The third-order valence-electron chi connectivity index (χ3n) is 4.00. The van der Waals surface area contributed by atoms with E-state index in [9.17, 15) is 4.79 Å². The van der Waals surface area contributed by atoms with Crippen molar-refractivity contribution in [3.63, 3.8) is 0 Å². The first-order chi connectivity index (χ1) is 11.7. The average molecular weight is 323 g/mol. The second-order valence-electron chi connectivity index (χ2n) is 5.89. The number of carbonyl (C=O) groups excluding carboxylic acids is 1. The number of amides is 1. The predicted octanol–water partition coefficient (Wildman–Crippen LogP) is 3.57. The van der Waals surface area contributed by atoms with Crippen molar-refractivity contribution in [1.29, 1.82) is 0 Å². The van der Waals surface area contributed by atoms with Crippen LogP contribution in [0.4, 0.5) is 11.4 Å². The average Bonchev–Trinajstić information content (AvgIpc) is 3.01. The predicted molar refractivity (Wildman–Crippen MR) is 97.4 cm³/mol. The molecule has 0 unspecified atom stereocenters. The van der Waals surface area contributed by atoms with E-state index in [1.165, 1.54) is 0 Å². The highest BCUT2D eigenvalue weighted by Gasteiger charge is 2.20. The fourth-order valence-electron chi connectivity index (χ4n) is 2.91. The van der Waals surface area contributed by atoms with Crippen LogP contribution in [0.1, 0.15) is 16.2 Å². The zero-order valence-electron chi connectivity index (χ0n) is 13.2. The number of carbonyl (C=O) groups is 1. The molecule has 3 aromatic rings. The summed E-state index contributed by atoms with van der Waals surface area (Å²) < 4.78 is 1.74. The number of para-hydroxylation sites is 1.